The molecule has 0 amide bonds. The van der Waals surface area contributed by atoms with Gasteiger partial charge in [0, 0.05) is 4.87 Å². The van der Waals surface area contributed by atoms with E-state index in [1.54, 1.807) is 0 Å². The molecule has 0 spiro atoms. The standard InChI is InChI=1S/C17H28ClNO/c1-17(2,18)12-11-14-8-4-5-9-15(14)16(20)10-6-7-13-19-3/h4-5,8-9,16,19-20H,6-7,10-13H2,1-3H3. The van der Waals surface area contributed by atoms with Gasteiger partial charge in [0.2, 0.25) is 0 Å². The molecular formula is C17H28ClNO. The van der Waals surface area contributed by atoms with Gasteiger partial charge in [-0.3, -0.25) is 0 Å². The summed E-state index contributed by atoms with van der Waals surface area (Å²) in [6.45, 7) is 5.07. The van der Waals surface area contributed by atoms with Gasteiger partial charge in [-0.15, -0.1) is 11.6 Å². The number of aliphatic hydroxyl groups excluding tert-OH is 1. The highest BCUT2D eigenvalue weighted by Crippen LogP contribution is 2.27. The Hall–Kier alpha value is -0.570. The zero-order chi connectivity index (χ0) is 15.0. The quantitative estimate of drug-likeness (QED) is 0.532. The van der Waals surface area contributed by atoms with E-state index in [0.717, 1.165) is 44.2 Å². The number of alkyl halides is 1. The summed E-state index contributed by atoms with van der Waals surface area (Å²) in [5, 5.41) is 13.5. The summed E-state index contributed by atoms with van der Waals surface area (Å²) in [6, 6.07) is 8.18. The minimum atomic E-state index is -0.360. The van der Waals surface area contributed by atoms with Crippen LogP contribution in [0.3, 0.4) is 0 Å². The van der Waals surface area contributed by atoms with Gasteiger partial charge in [0.05, 0.1) is 6.10 Å². The second-order valence-corrected chi connectivity index (χ2v) is 7.06. The first-order valence-electron chi connectivity index (χ1n) is 7.53. The van der Waals surface area contributed by atoms with E-state index < -0.39 is 0 Å². The molecule has 2 N–H and O–H groups in total. The monoisotopic (exact) mass is 297 g/mol. The van der Waals surface area contributed by atoms with Crippen molar-refractivity contribution < 1.29 is 5.11 Å². The lowest BCUT2D eigenvalue weighted by molar-refractivity contribution is 0.162. The maximum atomic E-state index is 10.4. The van der Waals surface area contributed by atoms with E-state index in [0.29, 0.717) is 0 Å². The molecule has 0 saturated heterocycles. The first kappa shape index (κ1) is 17.5. The first-order valence-corrected chi connectivity index (χ1v) is 7.91. The molecule has 114 valence electrons. The Labute approximate surface area is 128 Å². The molecule has 0 saturated carbocycles. The topological polar surface area (TPSA) is 32.3 Å². The molecule has 0 heterocycles. The van der Waals surface area contributed by atoms with Crippen LogP contribution < -0.4 is 5.32 Å². The number of halogens is 1. The molecule has 0 radical (unpaired) electrons. The molecule has 0 aliphatic rings. The van der Waals surface area contributed by atoms with E-state index in [9.17, 15) is 5.11 Å². The molecule has 0 fully saturated rings. The molecule has 1 aromatic rings. The number of unbranched alkanes of at least 4 members (excludes halogenated alkanes) is 1. The average molecular weight is 298 g/mol. The van der Waals surface area contributed by atoms with Crippen molar-refractivity contribution in [1.29, 1.82) is 0 Å². The van der Waals surface area contributed by atoms with Crippen LogP contribution in [-0.2, 0) is 6.42 Å². The van der Waals surface area contributed by atoms with Crippen LogP contribution in [0.1, 0.15) is 56.8 Å². The Morgan fingerprint density at radius 3 is 2.60 bits per heavy atom. The van der Waals surface area contributed by atoms with Crippen LogP contribution in [0.4, 0.5) is 0 Å². The van der Waals surface area contributed by atoms with Crippen molar-refractivity contribution in [2.75, 3.05) is 13.6 Å². The van der Waals surface area contributed by atoms with Crippen LogP contribution >= 0.6 is 11.6 Å². The van der Waals surface area contributed by atoms with Crippen molar-refractivity contribution >= 4 is 11.6 Å². The van der Waals surface area contributed by atoms with Crippen molar-refractivity contribution in [2.24, 2.45) is 0 Å². The Bertz CT molecular complexity index is 387. The van der Waals surface area contributed by atoms with Crippen LogP contribution in [-0.4, -0.2) is 23.6 Å². The Balaban J connectivity index is 2.59. The molecule has 0 aliphatic heterocycles. The smallest absolute Gasteiger partial charge is 0.0792 e. The van der Waals surface area contributed by atoms with Crippen LogP contribution in [0.25, 0.3) is 0 Å². The third-order valence-corrected chi connectivity index (χ3v) is 3.75. The molecule has 0 aliphatic carbocycles. The number of hydrogen-bond acceptors (Lipinski definition) is 2. The summed E-state index contributed by atoms with van der Waals surface area (Å²) in [4.78, 5) is -0.190. The van der Waals surface area contributed by atoms with Crippen molar-refractivity contribution in [3.05, 3.63) is 35.4 Å². The summed E-state index contributed by atoms with van der Waals surface area (Å²) < 4.78 is 0. The number of aliphatic hydroxyl groups is 1. The highest BCUT2D eigenvalue weighted by molar-refractivity contribution is 6.23. The predicted molar refractivity (Wildman–Crippen MR) is 87.4 cm³/mol. The normalized spacial score (nSPS) is 13.4. The van der Waals surface area contributed by atoms with E-state index in [2.05, 4.69) is 11.4 Å². The summed E-state index contributed by atoms with van der Waals surface area (Å²) in [5.41, 5.74) is 2.29. The van der Waals surface area contributed by atoms with E-state index in [1.807, 2.05) is 39.1 Å². The van der Waals surface area contributed by atoms with Crippen LogP contribution in [0.2, 0.25) is 0 Å². The molecule has 0 bridgehead atoms. The fraction of sp³-hybridized carbons (Fsp3) is 0.647. The number of hydrogen-bond donors (Lipinski definition) is 2. The second kappa shape index (κ2) is 8.66. The fourth-order valence-electron chi connectivity index (χ4n) is 2.31. The van der Waals surface area contributed by atoms with Gasteiger partial charge in [-0.25, -0.2) is 0 Å². The zero-order valence-electron chi connectivity index (χ0n) is 13.0. The largest absolute Gasteiger partial charge is 0.388 e. The van der Waals surface area contributed by atoms with E-state index in [-0.39, 0.29) is 11.0 Å². The summed E-state index contributed by atoms with van der Waals surface area (Å²) in [5.74, 6) is 0. The maximum Gasteiger partial charge on any atom is 0.0792 e. The highest BCUT2D eigenvalue weighted by Gasteiger charge is 2.16. The minimum Gasteiger partial charge on any atom is -0.388 e. The van der Waals surface area contributed by atoms with Gasteiger partial charge in [0.1, 0.15) is 0 Å². The van der Waals surface area contributed by atoms with Crippen LogP contribution in [0.5, 0.6) is 0 Å². The third kappa shape index (κ3) is 6.74. The average Bonchev–Trinajstić information content (AvgIpc) is 2.40. The third-order valence-electron chi connectivity index (χ3n) is 3.56. The second-order valence-electron chi connectivity index (χ2n) is 6.03. The lowest BCUT2D eigenvalue weighted by Crippen LogP contribution is -2.13. The van der Waals surface area contributed by atoms with Gasteiger partial charge in [0.15, 0.2) is 0 Å². The zero-order valence-corrected chi connectivity index (χ0v) is 13.7. The van der Waals surface area contributed by atoms with Crippen LogP contribution in [0.15, 0.2) is 24.3 Å². The lowest BCUT2D eigenvalue weighted by Gasteiger charge is -2.19. The summed E-state index contributed by atoms with van der Waals surface area (Å²) >= 11 is 6.26. The van der Waals surface area contributed by atoms with Gasteiger partial charge in [0.25, 0.3) is 0 Å². The number of rotatable bonds is 9. The van der Waals surface area contributed by atoms with E-state index in [1.165, 1.54) is 5.56 Å². The minimum absolute atomic E-state index is 0.190. The van der Waals surface area contributed by atoms with Gasteiger partial charge >= 0.3 is 0 Å². The molecule has 3 heteroatoms. The number of benzene rings is 1. The van der Waals surface area contributed by atoms with Crippen molar-refractivity contribution in [1.82, 2.24) is 5.32 Å². The predicted octanol–water partition coefficient (Wildman–Crippen LogP) is 4.06. The Morgan fingerprint density at radius 1 is 1.25 bits per heavy atom. The first-order chi connectivity index (χ1) is 9.44. The number of nitrogens with one attached hydrogen (secondary N) is 1. The molecule has 20 heavy (non-hydrogen) atoms. The Kier molecular flexibility index (Phi) is 7.57. The van der Waals surface area contributed by atoms with Gasteiger partial charge < -0.3 is 10.4 Å². The van der Waals surface area contributed by atoms with Gasteiger partial charge in [-0.2, -0.15) is 0 Å². The van der Waals surface area contributed by atoms with Crippen molar-refractivity contribution in [3.8, 4) is 0 Å². The highest BCUT2D eigenvalue weighted by atomic mass is 35.5. The number of aryl methyl sites for hydroxylation is 1. The molecule has 1 rings (SSSR count). The van der Waals surface area contributed by atoms with Gasteiger partial charge in [-0.1, -0.05) is 24.3 Å². The van der Waals surface area contributed by atoms with Gasteiger partial charge in [-0.05, 0) is 70.7 Å². The molecule has 2 nitrogen and oxygen atoms in total. The molecule has 0 aromatic heterocycles. The molecule has 1 aromatic carbocycles. The molecule has 1 atom stereocenters. The van der Waals surface area contributed by atoms with Crippen molar-refractivity contribution in [3.63, 3.8) is 0 Å². The van der Waals surface area contributed by atoms with Crippen molar-refractivity contribution in [2.45, 2.75) is 56.9 Å². The SMILES string of the molecule is CNCCCCC(O)c1ccccc1CCC(C)(C)Cl. The summed E-state index contributed by atoms with van der Waals surface area (Å²) in [7, 11) is 1.96. The van der Waals surface area contributed by atoms with E-state index in [4.69, 9.17) is 11.6 Å². The lowest BCUT2D eigenvalue weighted by atomic mass is 9.93. The molecular weight excluding hydrogens is 270 g/mol. The fourth-order valence-corrected chi connectivity index (χ4v) is 2.41. The maximum absolute atomic E-state index is 10.4. The van der Waals surface area contributed by atoms with E-state index >= 15 is 0 Å². The Morgan fingerprint density at radius 2 is 1.95 bits per heavy atom. The summed E-state index contributed by atoms with van der Waals surface area (Å²) in [6.07, 6.45) is 4.43. The van der Waals surface area contributed by atoms with Crippen LogP contribution in [0, 0.1) is 0 Å². The molecule has 1 unspecified atom stereocenters.